The highest BCUT2D eigenvalue weighted by Crippen LogP contribution is 2.21. The molecule has 0 aromatic heterocycles. The number of benzene rings is 2. The minimum Gasteiger partial charge on any atom is -0.381 e. The fourth-order valence-electron chi connectivity index (χ4n) is 2.02. The van der Waals surface area contributed by atoms with Gasteiger partial charge in [-0.25, -0.2) is 4.39 Å². The molecule has 0 aliphatic heterocycles. The molecule has 2 rings (SSSR count). The van der Waals surface area contributed by atoms with Crippen LogP contribution in [0.5, 0.6) is 0 Å². The van der Waals surface area contributed by atoms with Gasteiger partial charge in [-0.3, -0.25) is 0 Å². The first-order valence-electron chi connectivity index (χ1n) is 6.88. The summed E-state index contributed by atoms with van der Waals surface area (Å²) in [6.45, 7) is 4.99. The molecule has 20 heavy (non-hydrogen) atoms. The number of nitrogens with one attached hydrogen (secondary N) is 1. The van der Waals surface area contributed by atoms with E-state index in [0.717, 1.165) is 17.7 Å². The Morgan fingerprint density at radius 3 is 2.45 bits per heavy atom. The number of halogens is 2. The lowest BCUT2D eigenvalue weighted by Gasteiger charge is -2.11. The van der Waals surface area contributed by atoms with Crippen molar-refractivity contribution < 1.29 is 4.39 Å². The molecular formula is C17H19ClFN. The third-order valence-corrected chi connectivity index (χ3v) is 3.88. The highest BCUT2D eigenvalue weighted by molar-refractivity contribution is 6.30. The zero-order valence-corrected chi connectivity index (χ0v) is 12.5. The fourth-order valence-corrected chi connectivity index (χ4v) is 2.14. The van der Waals surface area contributed by atoms with E-state index in [4.69, 9.17) is 11.6 Å². The molecule has 1 N–H and O–H groups in total. The maximum atomic E-state index is 13.3. The summed E-state index contributed by atoms with van der Waals surface area (Å²) in [5, 5.41) is 3.44. The molecule has 3 heteroatoms. The van der Waals surface area contributed by atoms with Gasteiger partial charge in [0.1, 0.15) is 5.82 Å². The zero-order chi connectivity index (χ0) is 14.5. The van der Waals surface area contributed by atoms with Gasteiger partial charge in [0.05, 0.1) is 5.02 Å². The highest BCUT2D eigenvalue weighted by Gasteiger charge is 2.03. The second-order valence-corrected chi connectivity index (χ2v) is 5.44. The number of hydrogen-bond acceptors (Lipinski definition) is 1. The van der Waals surface area contributed by atoms with Gasteiger partial charge in [-0.05, 0) is 47.7 Å². The Hall–Kier alpha value is -1.54. The summed E-state index contributed by atoms with van der Waals surface area (Å²) in [5.74, 6) is 0.201. The molecule has 0 fully saturated rings. The molecule has 1 nitrogen and oxygen atoms in total. The molecule has 1 atom stereocenters. The Balaban J connectivity index is 1.98. The van der Waals surface area contributed by atoms with Gasteiger partial charge in [0, 0.05) is 12.2 Å². The Morgan fingerprint density at radius 1 is 1.15 bits per heavy atom. The molecule has 2 aromatic rings. The van der Waals surface area contributed by atoms with E-state index in [9.17, 15) is 4.39 Å². The first kappa shape index (κ1) is 14.9. The van der Waals surface area contributed by atoms with Crippen LogP contribution in [0.15, 0.2) is 42.5 Å². The molecule has 1 unspecified atom stereocenters. The lowest BCUT2D eigenvalue weighted by atomic mass is 9.99. The van der Waals surface area contributed by atoms with E-state index in [1.807, 2.05) is 6.07 Å². The van der Waals surface area contributed by atoms with E-state index in [0.29, 0.717) is 12.5 Å². The van der Waals surface area contributed by atoms with E-state index >= 15 is 0 Å². The van der Waals surface area contributed by atoms with Crippen LogP contribution in [0.25, 0.3) is 0 Å². The van der Waals surface area contributed by atoms with Crippen molar-refractivity contribution in [2.45, 2.75) is 32.7 Å². The smallest absolute Gasteiger partial charge is 0.142 e. The van der Waals surface area contributed by atoms with Crippen LogP contribution in [-0.4, -0.2) is 0 Å². The normalized spacial score (nSPS) is 12.2. The van der Waals surface area contributed by atoms with E-state index in [1.165, 1.54) is 11.6 Å². The standard InChI is InChI=1S/C17H19ClFN/c1-3-12(2)14-5-7-15(8-6-14)20-11-13-4-9-16(18)17(19)10-13/h4-10,12,20H,3,11H2,1-2H3. The Kier molecular flexibility index (Phi) is 5.02. The summed E-state index contributed by atoms with van der Waals surface area (Å²) in [6, 6.07) is 13.3. The molecule has 106 valence electrons. The molecule has 0 saturated heterocycles. The maximum absolute atomic E-state index is 13.3. The molecule has 0 amide bonds. The highest BCUT2D eigenvalue weighted by atomic mass is 35.5. The lowest BCUT2D eigenvalue weighted by molar-refractivity contribution is 0.626. The van der Waals surface area contributed by atoms with Gasteiger partial charge in [-0.15, -0.1) is 0 Å². The topological polar surface area (TPSA) is 12.0 Å². The van der Waals surface area contributed by atoms with Crippen LogP contribution in [0.1, 0.15) is 37.3 Å². The SMILES string of the molecule is CCC(C)c1ccc(NCc2ccc(Cl)c(F)c2)cc1. The molecule has 0 radical (unpaired) electrons. The number of hydrogen-bond donors (Lipinski definition) is 1. The van der Waals surface area contributed by atoms with Crippen LogP contribution in [0, 0.1) is 5.82 Å². The third-order valence-electron chi connectivity index (χ3n) is 3.57. The summed E-state index contributed by atoms with van der Waals surface area (Å²) in [7, 11) is 0. The van der Waals surface area contributed by atoms with Crippen molar-refractivity contribution in [1.29, 1.82) is 0 Å². The van der Waals surface area contributed by atoms with Crippen LogP contribution in [-0.2, 0) is 6.54 Å². The van der Waals surface area contributed by atoms with E-state index < -0.39 is 0 Å². The van der Waals surface area contributed by atoms with Crippen LogP contribution in [0.4, 0.5) is 10.1 Å². The maximum Gasteiger partial charge on any atom is 0.142 e. The molecule has 0 aliphatic rings. The Labute approximate surface area is 124 Å². The predicted octanol–water partition coefficient (Wildman–Crippen LogP) is 5.60. The van der Waals surface area contributed by atoms with Crippen LogP contribution in [0.2, 0.25) is 5.02 Å². The van der Waals surface area contributed by atoms with Gasteiger partial charge in [0.25, 0.3) is 0 Å². The molecule has 0 saturated carbocycles. The van der Waals surface area contributed by atoms with Crippen molar-refractivity contribution >= 4 is 17.3 Å². The second kappa shape index (κ2) is 6.76. The van der Waals surface area contributed by atoms with Crippen LogP contribution in [0.3, 0.4) is 0 Å². The molecule has 0 heterocycles. The minimum atomic E-state index is -0.377. The summed E-state index contributed by atoms with van der Waals surface area (Å²) >= 11 is 5.66. The summed E-state index contributed by atoms with van der Waals surface area (Å²) in [4.78, 5) is 0. The molecule has 2 aromatic carbocycles. The van der Waals surface area contributed by atoms with E-state index in [1.54, 1.807) is 6.07 Å². The van der Waals surface area contributed by atoms with Gasteiger partial charge in [0.15, 0.2) is 0 Å². The van der Waals surface area contributed by atoms with E-state index in [-0.39, 0.29) is 10.8 Å². The number of rotatable bonds is 5. The number of anilines is 1. The van der Waals surface area contributed by atoms with Crippen LogP contribution >= 0.6 is 11.6 Å². The fraction of sp³-hybridized carbons (Fsp3) is 0.294. The van der Waals surface area contributed by atoms with Gasteiger partial charge in [0.2, 0.25) is 0 Å². The van der Waals surface area contributed by atoms with E-state index in [2.05, 4.69) is 43.4 Å². The lowest BCUT2D eigenvalue weighted by Crippen LogP contribution is -2.00. The van der Waals surface area contributed by atoms with Crippen molar-refractivity contribution in [1.82, 2.24) is 0 Å². The largest absolute Gasteiger partial charge is 0.381 e. The summed E-state index contributed by atoms with van der Waals surface area (Å²) in [6.07, 6.45) is 1.14. The minimum absolute atomic E-state index is 0.159. The van der Waals surface area contributed by atoms with Gasteiger partial charge >= 0.3 is 0 Å². The molecule has 0 spiro atoms. The van der Waals surface area contributed by atoms with Crippen molar-refractivity contribution in [3.63, 3.8) is 0 Å². The predicted molar refractivity (Wildman–Crippen MR) is 83.9 cm³/mol. The van der Waals surface area contributed by atoms with Crippen molar-refractivity contribution in [2.24, 2.45) is 0 Å². The average Bonchev–Trinajstić information content (AvgIpc) is 2.48. The van der Waals surface area contributed by atoms with Crippen molar-refractivity contribution in [2.75, 3.05) is 5.32 Å². The first-order valence-corrected chi connectivity index (χ1v) is 7.25. The Bertz CT molecular complexity index is 566. The molecular weight excluding hydrogens is 273 g/mol. The van der Waals surface area contributed by atoms with Crippen LogP contribution < -0.4 is 5.32 Å². The summed E-state index contributed by atoms with van der Waals surface area (Å²) in [5.41, 5.74) is 3.25. The quantitative estimate of drug-likeness (QED) is 0.755. The third kappa shape index (κ3) is 3.73. The zero-order valence-electron chi connectivity index (χ0n) is 11.8. The van der Waals surface area contributed by atoms with Gasteiger partial charge in [-0.2, -0.15) is 0 Å². The second-order valence-electron chi connectivity index (χ2n) is 5.03. The monoisotopic (exact) mass is 291 g/mol. The van der Waals surface area contributed by atoms with Crippen molar-refractivity contribution in [3.8, 4) is 0 Å². The molecule has 0 bridgehead atoms. The summed E-state index contributed by atoms with van der Waals surface area (Å²) < 4.78 is 13.3. The van der Waals surface area contributed by atoms with Gasteiger partial charge in [-0.1, -0.05) is 43.6 Å². The van der Waals surface area contributed by atoms with Gasteiger partial charge < -0.3 is 5.32 Å². The molecule has 0 aliphatic carbocycles. The van der Waals surface area contributed by atoms with Crippen molar-refractivity contribution in [3.05, 3.63) is 64.4 Å². The average molecular weight is 292 g/mol. The Morgan fingerprint density at radius 2 is 1.85 bits per heavy atom. The first-order chi connectivity index (χ1) is 9.60.